The van der Waals surface area contributed by atoms with E-state index in [4.69, 9.17) is 9.57 Å². The highest BCUT2D eigenvalue weighted by atomic mass is 32.2. The number of hydrazine groups is 1. The zero-order valence-electron chi connectivity index (χ0n) is 20.4. The van der Waals surface area contributed by atoms with Crippen molar-refractivity contribution < 1.29 is 27.6 Å². The molecule has 10 heteroatoms. The van der Waals surface area contributed by atoms with Gasteiger partial charge in [-0.1, -0.05) is 56.3 Å². The van der Waals surface area contributed by atoms with Crippen LogP contribution in [0.3, 0.4) is 0 Å². The quantitative estimate of drug-likeness (QED) is 0.431. The maximum absolute atomic E-state index is 13.2. The number of allylic oxidation sites excluding steroid dienone is 1. The molecule has 1 saturated heterocycles. The van der Waals surface area contributed by atoms with Crippen molar-refractivity contribution in [3.63, 3.8) is 0 Å². The van der Waals surface area contributed by atoms with Crippen LogP contribution in [-0.4, -0.2) is 50.8 Å². The zero-order chi connectivity index (χ0) is 25.1. The van der Waals surface area contributed by atoms with Gasteiger partial charge in [0.2, 0.25) is 21.8 Å². The maximum Gasteiger partial charge on any atom is 0.247 e. The third kappa shape index (κ3) is 9.54. The highest BCUT2D eigenvalue weighted by Gasteiger charge is 2.35. The molecule has 1 fully saturated rings. The molecule has 34 heavy (non-hydrogen) atoms. The lowest BCUT2D eigenvalue weighted by Gasteiger charge is -2.29. The molecule has 1 unspecified atom stereocenters. The zero-order valence-corrected chi connectivity index (χ0v) is 21.2. The molecule has 190 valence electrons. The van der Waals surface area contributed by atoms with Crippen LogP contribution in [-0.2, 0) is 29.2 Å². The lowest BCUT2D eigenvalue weighted by atomic mass is 9.82. The highest BCUT2D eigenvalue weighted by Crippen LogP contribution is 2.26. The van der Waals surface area contributed by atoms with Crippen molar-refractivity contribution in [2.75, 3.05) is 19.9 Å². The first-order valence-corrected chi connectivity index (χ1v) is 13.5. The number of carbonyl (C=O) groups excluding carboxylic acids is 2. The average molecular weight is 496 g/mol. The van der Waals surface area contributed by atoms with Gasteiger partial charge in [-0.05, 0) is 37.2 Å². The minimum Gasteiger partial charge on any atom is -0.350 e. The molecule has 1 aromatic rings. The second-order valence-electron chi connectivity index (χ2n) is 8.98. The molecule has 2 amide bonds. The summed E-state index contributed by atoms with van der Waals surface area (Å²) in [5, 5.41) is 0. The van der Waals surface area contributed by atoms with E-state index in [1.165, 1.54) is 7.05 Å². The van der Waals surface area contributed by atoms with Crippen molar-refractivity contribution in [2.45, 2.75) is 52.2 Å². The number of hydrogen-bond donors (Lipinski definition) is 2. The van der Waals surface area contributed by atoms with Crippen molar-refractivity contribution in [1.29, 1.82) is 0 Å². The first-order chi connectivity index (χ1) is 16.1. The Hall–Kier alpha value is -2.27. The molecule has 0 radical (unpaired) electrons. The number of benzene rings is 1. The lowest BCUT2D eigenvalue weighted by Crippen LogP contribution is -2.49. The van der Waals surface area contributed by atoms with E-state index in [1.807, 2.05) is 56.3 Å². The lowest BCUT2D eigenvalue weighted by molar-refractivity contribution is -0.203. The van der Waals surface area contributed by atoms with Gasteiger partial charge in [0, 0.05) is 20.1 Å². The van der Waals surface area contributed by atoms with Crippen molar-refractivity contribution in [2.24, 2.45) is 17.8 Å². The van der Waals surface area contributed by atoms with Crippen LogP contribution in [0, 0.1) is 17.8 Å². The Labute approximate surface area is 202 Å². The highest BCUT2D eigenvalue weighted by molar-refractivity contribution is 7.88. The molecular formula is C24H37N3O6S. The number of hydrogen-bond acceptors (Lipinski definition) is 6. The molecule has 0 aliphatic carbocycles. The molecule has 1 heterocycles. The monoisotopic (exact) mass is 495 g/mol. The van der Waals surface area contributed by atoms with Gasteiger partial charge in [-0.2, -0.15) is 0 Å². The van der Waals surface area contributed by atoms with E-state index >= 15 is 0 Å². The Morgan fingerprint density at radius 2 is 1.88 bits per heavy atom. The predicted octanol–water partition coefficient (Wildman–Crippen LogP) is 2.87. The van der Waals surface area contributed by atoms with E-state index in [0.717, 1.165) is 29.1 Å². The summed E-state index contributed by atoms with van der Waals surface area (Å²) in [4.78, 5) is 31.8. The molecule has 2 rings (SSSR count). The summed E-state index contributed by atoms with van der Waals surface area (Å²) in [5.41, 5.74) is 5.86. The number of sulfonamides is 1. The van der Waals surface area contributed by atoms with Crippen molar-refractivity contribution >= 4 is 27.9 Å². The van der Waals surface area contributed by atoms with Gasteiger partial charge < -0.3 is 4.74 Å². The third-order valence-electron chi connectivity index (χ3n) is 5.58. The van der Waals surface area contributed by atoms with Crippen LogP contribution >= 0.6 is 0 Å². The Morgan fingerprint density at radius 3 is 2.47 bits per heavy atom. The van der Waals surface area contributed by atoms with Gasteiger partial charge in [0.05, 0.1) is 18.1 Å². The van der Waals surface area contributed by atoms with Gasteiger partial charge in [0.15, 0.2) is 6.29 Å². The second-order valence-corrected chi connectivity index (χ2v) is 11.0. The van der Waals surface area contributed by atoms with Crippen molar-refractivity contribution in [1.82, 2.24) is 15.3 Å². The van der Waals surface area contributed by atoms with Crippen molar-refractivity contribution in [3.8, 4) is 0 Å². The maximum atomic E-state index is 13.2. The number of amides is 2. The van der Waals surface area contributed by atoms with E-state index in [-0.39, 0.29) is 12.3 Å². The summed E-state index contributed by atoms with van der Waals surface area (Å²) >= 11 is 0. The standard InChI is InChI=1S/C24H37N3O6S/c1-18(2)17-21(23(28)25-27(3)34(4,30)31)20(14-10-13-19-11-6-5-7-12-19)24(29)26-33-22-15-8-9-16-32-22/h5-7,10-13,18,20-22H,8-9,14-17H2,1-4H3,(H,25,28)(H,26,29)/t20-,21+,22?/m0/s1. The Bertz CT molecular complexity index is 914. The second kappa shape index (κ2) is 13.6. The molecule has 1 aromatic carbocycles. The fourth-order valence-corrected chi connectivity index (χ4v) is 3.91. The SMILES string of the molecule is CC(C)C[C@@H](C(=O)NN(C)S(C)(=O)=O)[C@H](CC=Cc1ccccc1)C(=O)NOC1CCCCO1. The Kier molecular flexibility index (Phi) is 11.2. The molecule has 0 spiro atoms. The van der Waals surface area contributed by atoms with Gasteiger partial charge in [-0.3, -0.25) is 15.0 Å². The van der Waals surface area contributed by atoms with Crippen LogP contribution < -0.4 is 10.9 Å². The number of nitrogens with one attached hydrogen (secondary N) is 2. The minimum absolute atomic E-state index is 0.0929. The predicted molar refractivity (Wildman–Crippen MR) is 130 cm³/mol. The first-order valence-electron chi connectivity index (χ1n) is 11.6. The smallest absolute Gasteiger partial charge is 0.247 e. The summed E-state index contributed by atoms with van der Waals surface area (Å²) in [6.07, 6.45) is 7.43. The summed E-state index contributed by atoms with van der Waals surface area (Å²) in [7, 11) is -2.38. The Balaban J connectivity index is 2.22. The molecule has 0 aromatic heterocycles. The number of hydroxylamine groups is 1. The van der Waals surface area contributed by atoms with Crippen LogP contribution in [0.4, 0.5) is 0 Å². The largest absolute Gasteiger partial charge is 0.350 e. The van der Waals surface area contributed by atoms with Crippen molar-refractivity contribution in [3.05, 3.63) is 42.0 Å². The summed E-state index contributed by atoms with van der Waals surface area (Å²) < 4.78 is 29.9. The molecule has 9 nitrogen and oxygen atoms in total. The summed E-state index contributed by atoms with van der Waals surface area (Å²) in [5.74, 6) is -2.45. The topological polar surface area (TPSA) is 114 Å². The van der Waals surface area contributed by atoms with Gasteiger partial charge >= 0.3 is 0 Å². The summed E-state index contributed by atoms with van der Waals surface area (Å²) in [6.45, 7) is 4.46. The first kappa shape index (κ1) is 28.0. The number of rotatable bonds is 12. The number of nitrogens with zero attached hydrogens (tertiary/aromatic N) is 1. The number of ether oxygens (including phenoxy) is 1. The van der Waals surface area contributed by atoms with Crippen LogP contribution in [0.25, 0.3) is 6.08 Å². The van der Waals surface area contributed by atoms with E-state index in [9.17, 15) is 18.0 Å². The van der Waals surface area contributed by atoms with Gasteiger partial charge in [-0.15, -0.1) is 4.41 Å². The fourth-order valence-electron chi connectivity index (χ4n) is 3.66. The van der Waals surface area contributed by atoms with E-state index < -0.39 is 40.0 Å². The molecule has 3 atom stereocenters. The number of carbonyl (C=O) groups is 2. The molecule has 2 N–H and O–H groups in total. The van der Waals surface area contributed by atoms with Crippen LogP contribution in [0.15, 0.2) is 36.4 Å². The molecular weight excluding hydrogens is 458 g/mol. The molecule has 0 saturated carbocycles. The van der Waals surface area contributed by atoms with Gasteiger partial charge in [0.1, 0.15) is 0 Å². The van der Waals surface area contributed by atoms with Crippen LogP contribution in [0.2, 0.25) is 0 Å². The van der Waals surface area contributed by atoms with E-state index in [0.29, 0.717) is 19.4 Å². The van der Waals surface area contributed by atoms with Gasteiger partial charge in [-0.25, -0.2) is 18.7 Å². The van der Waals surface area contributed by atoms with E-state index in [1.54, 1.807) is 0 Å². The Morgan fingerprint density at radius 1 is 1.18 bits per heavy atom. The van der Waals surface area contributed by atoms with Crippen LogP contribution in [0.1, 0.15) is 51.5 Å². The van der Waals surface area contributed by atoms with Gasteiger partial charge in [0.25, 0.3) is 0 Å². The summed E-state index contributed by atoms with van der Waals surface area (Å²) in [6, 6.07) is 9.62. The molecule has 0 bridgehead atoms. The van der Waals surface area contributed by atoms with Crippen LogP contribution in [0.5, 0.6) is 0 Å². The minimum atomic E-state index is -3.64. The normalized spacial score (nSPS) is 18.7. The molecule has 1 aliphatic rings. The van der Waals surface area contributed by atoms with E-state index in [2.05, 4.69) is 10.9 Å². The average Bonchev–Trinajstić information content (AvgIpc) is 2.79. The molecule has 1 aliphatic heterocycles. The fraction of sp³-hybridized carbons (Fsp3) is 0.583. The third-order valence-corrected chi connectivity index (χ3v) is 6.66.